The minimum absolute atomic E-state index is 0.586. The van der Waals surface area contributed by atoms with Gasteiger partial charge in [0.25, 0.3) is 6.26 Å². The van der Waals surface area contributed by atoms with Gasteiger partial charge >= 0.3 is 0 Å². The molecule has 0 N–H and O–H groups in total. The van der Waals surface area contributed by atoms with Crippen LogP contribution in [-0.4, -0.2) is 0 Å². The average molecular weight is 245 g/mol. The molecule has 50 valence electrons. The highest BCUT2D eigenvalue weighted by Gasteiger charge is 1.89. The third kappa shape index (κ3) is 1.88. The molecule has 10 heavy (non-hydrogen) atoms. The summed E-state index contributed by atoms with van der Waals surface area (Å²) >= 11 is 2.19. The van der Waals surface area contributed by atoms with Crippen LogP contribution in [-0.2, 0) is 0 Å². The molecular weight excluding hydrogens is 241 g/mol. The van der Waals surface area contributed by atoms with E-state index >= 15 is 0 Å². The number of benzene rings is 1. The highest BCUT2D eigenvalue weighted by molar-refractivity contribution is 14.1. The van der Waals surface area contributed by atoms with E-state index in [0.717, 1.165) is 3.57 Å². The molecule has 0 aliphatic carbocycles. The van der Waals surface area contributed by atoms with Crippen molar-refractivity contribution in [1.82, 2.24) is 0 Å². The van der Waals surface area contributed by atoms with E-state index < -0.39 is 0 Å². The van der Waals surface area contributed by atoms with Gasteiger partial charge in [0.2, 0.25) is 0 Å². The van der Waals surface area contributed by atoms with Gasteiger partial charge in [0, 0.05) is 3.57 Å². The first-order valence-corrected chi connectivity index (χ1v) is 3.72. The lowest BCUT2D eigenvalue weighted by atomic mass is 10.3. The summed E-state index contributed by atoms with van der Waals surface area (Å²) in [6.07, 6.45) is 1.60. The van der Waals surface area contributed by atoms with Crippen LogP contribution in [0.4, 0.5) is 0 Å². The zero-order valence-corrected chi connectivity index (χ0v) is 7.20. The van der Waals surface area contributed by atoms with Crippen molar-refractivity contribution in [1.29, 1.82) is 5.26 Å². The average Bonchev–Trinajstić information content (AvgIpc) is 1.95. The molecule has 1 aromatic rings. The Bertz CT molecular complexity index is 249. The standard InChI is InChI=1S/C7H4INO/c8-6-1-3-7(4-2-6)10-5-9/h1-4H. The molecular formula is C7H4INO. The van der Waals surface area contributed by atoms with Crippen LogP contribution in [0.15, 0.2) is 24.3 Å². The summed E-state index contributed by atoms with van der Waals surface area (Å²) in [6.45, 7) is 0. The molecule has 0 amide bonds. The minimum Gasteiger partial charge on any atom is -0.388 e. The van der Waals surface area contributed by atoms with E-state index in [1.54, 1.807) is 18.4 Å². The molecule has 0 atom stereocenters. The summed E-state index contributed by atoms with van der Waals surface area (Å²) in [5.74, 6) is 0.586. The van der Waals surface area contributed by atoms with Crippen molar-refractivity contribution in [2.24, 2.45) is 0 Å². The molecule has 0 radical (unpaired) electrons. The van der Waals surface area contributed by atoms with E-state index in [1.165, 1.54) is 0 Å². The second-order valence-electron chi connectivity index (χ2n) is 1.65. The third-order valence-electron chi connectivity index (χ3n) is 0.977. The van der Waals surface area contributed by atoms with E-state index in [9.17, 15) is 0 Å². The zero-order valence-electron chi connectivity index (χ0n) is 5.04. The Morgan fingerprint density at radius 2 is 1.90 bits per heavy atom. The van der Waals surface area contributed by atoms with Gasteiger partial charge in [0.15, 0.2) is 0 Å². The van der Waals surface area contributed by atoms with E-state index in [1.807, 2.05) is 12.1 Å². The van der Waals surface area contributed by atoms with E-state index in [2.05, 4.69) is 27.3 Å². The predicted octanol–water partition coefficient (Wildman–Crippen LogP) is 2.15. The Morgan fingerprint density at radius 1 is 1.30 bits per heavy atom. The Morgan fingerprint density at radius 3 is 2.40 bits per heavy atom. The van der Waals surface area contributed by atoms with Crippen molar-refractivity contribution in [2.75, 3.05) is 0 Å². The summed E-state index contributed by atoms with van der Waals surface area (Å²) in [6, 6.07) is 7.27. The second kappa shape index (κ2) is 3.42. The topological polar surface area (TPSA) is 33.0 Å². The van der Waals surface area contributed by atoms with Crippen LogP contribution in [0.1, 0.15) is 0 Å². The van der Waals surface area contributed by atoms with Crippen molar-refractivity contribution < 1.29 is 4.74 Å². The molecule has 0 fully saturated rings. The van der Waals surface area contributed by atoms with Gasteiger partial charge in [0.05, 0.1) is 0 Å². The maximum atomic E-state index is 8.11. The molecule has 0 spiro atoms. The molecule has 0 bridgehead atoms. The molecule has 0 unspecified atom stereocenters. The lowest BCUT2D eigenvalue weighted by Crippen LogP contribution is -1.80. The SMILES string of the molecule is N#COc1ccc(I)cc1. The van der Waals surface area contributed by atoms with Crippen LogP contribution in [0.3, 0.4) is 0 Å². The lowest BCUT2D eigenvalue weighted by molar-refractivity contribution is 0.507. The summed E-state index contributed by atoms with van der Waals surface area (Å²) in [5, 5.41) is 8.11. The van der Waals surface area contributed by atoms with Crippen molar-refractivity contribution in [3.8, 4) is 12.0 Å². The summed E-state index contributed by atoms with van der Waals surface area (Å²) in [5.41, 5.74) is 0. The Hall–Kier alpha value is -0.760. The van der Waals surface area contributed by atoms with Gasteiger partial charge in [-0.25, -0.2) is 0 Å². The summed E-state index contributed by atoms with van der Waals surface area (Å²) in [4.78, 5) is 0. The normalized spacial score (nSPS) is 8.40. The van der Waals surface area contributed by atoms with Crippen molar-refractivity contribution in [2.45, 2.75) is 0 Å². The van der Waals surface area contributed by atoms with E-state index in [4.69, 9.17) is 5.26 Å². The number of hydrogen-bond acceptors (Lipinski definition) is 2. The van der Waals surface area contributed by atoms with Crippen LogP contribution >= 0.6 is 22.6 Å². The largest absolute Gasteiger partial charge is 0.388 e. The molecule has 3 heteroatoms. The molecule has 2 nitrogen and oxygen atoms in total. The highest BCUT2D eigenvalue weighted by Crippen LogP contribution is 2.12. The fourth-order valence-corrected chi connectivity index (χ4v) is 0.915. The molecule has 0 heterocycles. The number of ether oxygens (including phenoxy) is 1. The second-order valence-corrected chi connectivity index (χ2v) is 2.89. The van der Waals surface area contributed by atoms with Gasteiger partial charge in [0.1, 0.15) is 5.75 Å². The number of halogens is 1. The van der Waals surface area contributed by atoms with Crippen LogP contribution in [0, 0.1) is 15.1 Å². The van der Waals surface area contributed by atoms with Gasteiger partial charge in [-0.15, -0.1) is 5.26 Å². The monoisotopic (exact) mass is 245 g/mol. The first-order chi connectivity index (χ1) is 4.83. The van der Waals surface area contributed by atoms with Crippen molar-refractivity contribution in [3.05, 3.63) is 27.8 Å². The molecule has 0 saturated heterocycles. The highest BCUT2D eigenvalue weighted by atomic mass is 127. The molecule has 0 aromatic heterocycles. The van der Waals surface area contributed by atoms with Gasteiger partial charge in [-0.2, -0.15) is 0 Å². The lowest BCUT2D eigenvalue weighted by Gasteiger charge is -1.93. The van der Waals surface area contributed by atoms with Gasteiger partial charge in [-0.3, -0.25) is 0 Å². The third-order valence-corrected chi connectivity index (χ3v) is 1.70. The fourth-order valence-electron chi connectivity index (χ4n) is 0.555. The number of hydrogen-bond donors (Lipinski definition) is 0. The smallest absolute Gasteiger partial charge is 0.292 e. The summed E-state index contributed by atoms with van der Waals surface area (Å²) in [7, 11) is 0. The van der Waals surface area contributed by atoms with Crippen LogP contribution in [0.5, 0.6) is 5.75 Å². The number of nitrogens with zero attached hydrogens (tertiary/aromatic N) is 1. The summed E-state index contributed by atoms with van der Waals surface area (Å²) < 4.78 is 5.69. The van der Waals surface area contributed by atoms with Crippen LogP contribution < -0.4 is 4.74 Å². The molecule has 1 aromatic carbocycles. The predicted molar refractivity (Wildman–Crippen MR) is 45.4 cm³/mol. The molecule has 0 aliphatic heterocycles. The number of nitriles is 1. The minimum atomic E-state index is 0.586. The quantitative estimate of drug-likeness (QED) is 0.561. The maximum Gasteiger partial charge on any atom is 0.292 e. The first-order valence-electron chi connectivity index (χ1n) is 2.64. The van der Waals surface area contributed by atoms with Crippen molar-refractivity contribution in [3.63, 3.8) is 0 Å². The maximum absolute atomic E-state index is 8.11. The van der Waals surface area contributed by atoms with Gasteiger partial charge in [-0.05, 0) is 46.9 Å². The molecule has 0 aliphatic rings. The Labute approximate surface area is 72.6 Å². The Balaban J connectivity index is 2.81. The van der Waals surface area contributed by atoms with E-state index in [-0.39, 0.29) is 0 Å². The van der Waals surface area contributed by atoms with Gasteiger partial charge in [-0.1, -0.05) is 0 Å². The van der Waals surface area contributed by atoms with Crippen LogP contribution in [0.2, 0.25) is 0 Å². The first kappa shape index (κ1) is 7.35. The fraction of sp³-hybridized carbons (Fsp3) is 0. The Kier molecular flexibility index (Phi) is 2.51. The zero-order chi connectivity index (χ0) is 7.40. The molecule has 0 saturated carbocycles. The van der Waals surface area contributed by atoms with Gasteiger partial charge < -0.3 is 4.74 Å². The van der Waals surface area contributed by atoms with E-state index in [0.29, 0.717) is 5.75 Å². The molecule has 1 rings (SSSR count). The van der Waals surface area contributed by atoms with Crippen molar-refractivity contribution >= 4 is 22.6 Å². The van der Waals surface area contributed by atoms with Crippen LogP contribution in [0.25, 0.3) is 0 Å². The number of rotatable bonds is 1.